The molecule has 4 aromatic heterocycles. The first-order valence-electron chi connectivity index (χ1n) is 27.0. The van der Waals surface area contributed by atoms with Crippen LogP contribution in [0.1, 0.15) is 63.8 Å². The molecule has 0 aliphatic rings. The van der Waals surface area contributed by atoms with Crippen molar-refractivity contribution in [1.82, 2.24) is 4.40 Å². The lowest BCUT2D eigenvalue weighted by molar-refractivity contribution is 0.572. The molecule has 0 spiro atoms. The van der Waals surface area contributed by atoms with Crippen LogP contribution in [0.5, 0.6) is 0 Å². The summed E-state index contributed by atoms with van der Waals surface area (Å²) in [6, 6.07) is 73.8. The predicted molar refractivity (Wildman–Crippen MR) is 327 cm³/mol. The molecule has 0 aliphatic carbocycles. The van der Waals surface area contributed by atoms with Crippen molar-refractivity contribution >= 4 is 138 Å². The van der Waals surface area contributed by atoms with Gasteiger partial charge in [-0.05, 0) is 83.0 Å². The Bertz CT molecular complexity index is 4600. The van der Waals surface area contributed by atoms with Crippen molar-refractivity contribution in [2.24, 2.45) is 0 Å². The van der Waals surface area contributed by atoms with E-state index in [4.69, 9.17) is 8.83 Å². The van der Waals surface area contributed by atoms with E-state index < -0.39 is 0 Å². The fraction of sp³-hybridized carbons (Fsp3) is 0.139. The average molecular weight is 996 g/mol. The number of hydrogen-bond acceptors (Lipinski definition) is 4. The van der Waals surface area contributed by atoms with Crippen molar-refractivity contribution in [2.75, 3.05) is 9.80 Å². The number of aryl methyl sites for hydroxylation is 2. The molecule has 5 heteroatoms. The molecule has 0 radical (unpaired) electrons. The van der Waals surface area contributed by atoms with Crippen LogP contribution < -0.4 is 9.80 Å². The van der Waals surface area contributed by atoms with E-state index in [1.807, 2.05) is 0 Å². The van der Waals surface area contributed by atoms with Crippen LogP contribution in [0.2, 0.25) is 0 Å². The second-order valence-electron chi connectivity index (χ2n) is 23.3. The van der Waals surface area contributed by atoms with Gasteiger partial charge in [0.25, 0.3) is 0 Å². The molecule has 15 aromatic rings. The molecule has 0 unspecified atom stereocenters. The van der Waals surface area contributed by atoms with Crippen molar-refractivity contribution in [1.29, 1.82) is 0 Å². The van der Waals surface area contributed by atoms with Crippen LogP contribution in [0.15, 0.2) is 209 Å². The summed E-state index contributed by atoms with van der Waals surface area (Å²) in [6.07, 6.45) is 0. The van der Waals surface area contributed by atoms with Gasteiger partial charge in [-0.1, -0.05) is 205 Å². The Labute approximate surface area is 447 Å². The summed E-state index contributed by atoms with van der Waals surface area (Å²) in [7, 11) is 0. The number of anilines is 6. The summed E-state index contributed by atoms with van der Waals surface area (Å²) in [5.41, 5.74) is 18.0. The molecule has 5 nitrogen and oxygen atoms in total. The first kappa shape index (κ1) is 45.3. The van der Waals surface area contributed by atoms with E-state index in [-0.39, 0.29) is 10.8 Å². The van der Waals surface area contributed by atoms with Crippen molar-refractivity contribution in [3.8, 4) is 0 Å². The molecular weight excluding hydrogens is 939 g/mol. The molecule has 0 N–H and O–H groups in total. The molecule has 4 heterocycles. The van der Waals surface area contributed by atoms with Crippen LogP contribution in [0.3, 0.4) is 0 Å². The Morgan fingerprint density at radius 1 is 0.338 bits per heavy atom. The van der Waals surface area contributed by atoms with Gasteiger partial charge in [0, 0.05) is 76.4 Å². The van der Waals surface area contributed by atoms with Gasteiger partial charge in [-0.3, -0.25) is 0 Å². The Kier molecular flexibility index (Phi) is 9.55. The minimum atomic E-state index is -0.119. The lowest BCUT2D eigenvalue weighted by Gasteiger charge is -2.30. The predicted octanol–water partition coefficient (Wildman–Crippen LogP) is 21.1. The van der Waals surface area contributed by atoms with Gasteiger partial charge in [0.1, 0.15) is 11.2 Å². The summed E-state index contributed by atoms with van der Waals surface area (Å²) in [6.45, 7) is 18.1. The molecule has 372 valence electrons. The number of fused-ring (bicyclic) bond motifs is 14. The number of benzene rings is 11. The molecule has 0 bridgehead atoms. The third-order valence-corrected chi connectivity index (χ3v) is 16.5. The van der Waals surface area contributed by atoms with Gasteiger partial charge in [-0.25, -0.2) is 0 Å². The Morgan fingerprint density at radius 3 is 1.13 bits per heavy atom. The maximum Gasteiger partial charge on any atom is 0.159 e. The zero-order chi connectivity index (χ0) is 52.2. The van der Waals surface area contributed by atoms with Gasteiger partial charge in [0.2, 0.25) is 0 Å². The van der Waals surface area contributed by atoms with Gasteiger partial charge in [-0.2, -0.15) is 0 Å². The van der Waals surface area contributed by atoms with Gasteiger partial charge in [-0.15, -0.1) is 0 Å². The van der Waals surface area contributed by atoms with Crippen LogP contribution in [0, 0.1) is 13.8 Å². The van der Waals surface area contributed by atoms with Gasteiger partial charge < -0.3 is 23.0 Å². The summed E-state index contributed by atoms with van der Waals surface area (Å²) in [4.78, 5) is 5.01. The van der Waals surface area contributed by atoms with Gasteiger partial charge >= 0.3 is 0 Å². The van der Waals surface area contributed by atoms with Crippen LogP contribution in [-0.4, -0.2) is 4.40 Å². The Balaban J connectivity index is 1.10. The first-order valence-corrected chi connectivity index (χ1v) is 27.0. The van der Waals surface area contributed by atoms with Crippen LogP contribution >= 0.6 is 0 Å². The van der Waals surface area contributed by atoms with E-state index in [0.29, 0.717) is 0 Å². The first-order chi connectivity index (χ1) is 37.3. The number of rotatable bonds is 6. The normalized spacial score (nSPS) is 12.7. The zero-order valence-electron chi connectivity index (χ0n) is 44.7. The summed E-state index contributed by atoms with van der Waals surface area (Å²) >= 11 is 0. The molecule has 0 amide bonds. The maximum atomic E-state index is 7.30. The quantitative estimate of drug-likeness (QED) is 0.166. The summed E-state index contributed by atoms with van der Waals surface area (Å²) in [5.74, 6) is 0. The number of hydrogen-bond donors (Lipinski definition) is 0. The molecule has 0 saturated heterocycles. The molecule has 0 saturated carbocycles. The molecule has 11 aromatic carbocycles. The average Bonchev–Trinajstić information content (AvgIpc) is 4.33. The third-order valence-electron chi connectivity index (χ3n) is 16.5. The SMILES string of the molecule is Cc1ccc2c(oc3c(C(C)(C)C)cccc32)c1N(c1ccccc1)c1c2ccccc2cc2c1c1cccc3c4c(N(c5ccccc5)c5c(C)ccc6c5oc5c(C(C)(C)C)cccc56)c5ccccc5cc4n2c13. The van der Waals surface area contributed by atoms with E-state index in [9.17, 15) is 0 Å². The number of para-hydroxylation sites is 5. The number of furan rings is 2. The smallest absolute Gasteiger partial charge is 0.159 e. The van der Waals surface area contributed by atoms with E-state index in [1.165, 1.54) is 38.2 Å². The highest BCUT2D eigenvalue weighted by Crippen LogP contribution is 2.56. The largest absolute Gasteiger partial charge is 0.454 e. The van der Waals surface area contributed by atoms with E-state index >= 15 is 0 Å². The highest BCUT2D eigenvalue weighted by atomic mass is 16.3. The van der Waals surface area contributed by atoms with Crippen molar-refractivity contribution in [3.63, 3.8) is 0 Å². The molecule has 0 aliphatic heterocycles. The Hall–Kier alpha value is -9.06. The number of nitrogens with zero attached hydrogens (tertiary/aromatic N) is 3. The maximum absolute atomic E-state index is 7.30. The summed E-state index contributed by atoms with van der Waals surface area (Å²) in [5, 5.41) is 13.9. The molecule has 77 heavy (non-hydrogen) atoms. The fourth-order valence-corrected chi connectivity index (χ4v) is 13.1. The van der Waals surface area contributed by atoms with E-state index in [2.05, 4.69) is 270 Å². The van der Waals surface area contributed by atoms with Crippen LogP contribution in [0.25, 0.3) is 104 Å². The molecule has 15 rings (SSSR count). The Morgan fingerprint density at radius 2 is 0.701 bits per heavy atom. The monoisotopic (exact) mass is 995 g/mol. The number of aromatic nitrogens is 1. The van der Waals surface area contributed by atoms with Crippen LogP contribution in [0.4, 0.5) is 34.1 Å². The van der Waals surface area contributed by atoms with E-state index in [1.54, 1.807) is 0 Å². The summed E-state index contributed by atoms with van der Waals surface area (Å²) < 4.78 is 17.2. The van der Waals surface area contributed by atoms with Crippen molar-refractivity contribution in [2.45, 2.75) is 66.2 Å². The fourth-order valence-electron chi connectivity index (χ4n) is 13.1. The minimum absolute atomic E-state index is 0.119. The highest BCUT2D eigenvalue weighted by molar-refractivity contribution is 6.34. The highest BCUT2D eigenvalue weighted by Gasteiger charge is 2.33. The second-order valence-corrected chi connectivity index (χ2v) is 23.3. The third kappa shape index (κ3) is 6.47. The molecular formula is C72H57N3O2. The molecule has 0 fully saturated rings. The van der Waals surface area contributed by atoms with Crippen molar-refractivity contribution in [3.05, 3.63) is 222 Å². The van der Waals surface area contributed by atoms with Gasteiger partial charge in [0.15, 0.2) is 11.2 Å². The minimum Gasteiger partial charge on any atom is -0.454 e. The topological polar surface area (TPSA) is 37.2 Å². The standard InChI is InChI=1S/C72H57N3O2/c1-42-36-38-52-50-30-20-34-56(71(3,4)5)67(50)76-69(52)62(42)73(46-24-11-9-12-25-46)65-48-28-17-15-22-44(48)40-58-60(65)54-32-19-33-55-61-59(75(58)64(54)55)41-45-23-16-18-29-49(45)66(61)74(47-26-13-10-14-27-47)63-43(2)37-39-53-51-31-21-35-57(72(6,7)8)68(51)77-70(53)63/h9-41H,1-8H3. The van der Waals surface area contributed by atoms with Crippen LogP contribution in [-0.2, 0) is 10.8 Å². The van der Waals surface area contributed by atoms with Gasteiger partial charge in [0.05, 0.1) is 39.3 Å². The van der Waals surface area contributed by atoms with Crippen molar-refractivity contribution < 1.29 is 8.83 Å². The molecule has 0 atom stereocenters. The lowest BCUT2D eigenvalue weighted by atomic mass is 9.86. The zero-order valence-corrected chi connectivity index (χ0v) is 44.7. The van der Waals surface area contributed by atoms with E-state index in [0.717, 1.165) is 122 Å². The lowest BCUT2D eigenvalue weighted by Crippen LogP contribution is -2.13. The second kappa shape index (κ2) is 16.2.